The standard InChI is InChI=1S/C23H26N4O/c1-2-20(17-9-5-3-6-10-17)23(28)24-19-14-12-18(13-15-19)22-26-25-21-11-7-4-8-16-27(21)22/h3,5-6,9-10,12-15,20H,2,4,7-8,11,16H2,1H3,(H,24,28)/t20-/m0/s1. The molecule has 0 spiro atoms. The van der Waals surface area contributed by atoms with Gasteiger partial charge in [0.15, 0.2) is 5.82 Å². The van der Waals surface area contributed by atoms with E-state index in [4.69, 9.17) is 0 Å². The number of fused-ring (bicyclic) bond motifs is 1. The summed E-state index contributed by atoms with van der Waals surface area (Å²) in [6.45, 7) is 3.02. The highest BCUT2D eigenvalue weighted by atomic mass is 16.1. The highest BCUT2D eigenvalue weighted by molar-refractivity contribution is 5.96. The molecule has 5 heteroatoms. The first-order valence-corrected chi connectivity index (χ1v) is 10.1. The maximum absolute atomic E-state index is 12.7. The smallest absolute Gasteiger partial charge is 0.231 e. The van der Waals surface area contributed by atoms with Crippen LogP contribution in [0.4, 0.5) is 5.69 Å². The number of hydrogen-bond acceptors (Lipinski definition) is 3. The molecule has 1 aromatic heterocycles. The minimum absolute atomic E-state index is 0.0257. The molecule has 0 saturated carbocycles. The van der Waals surface area contributed by atoms with Crippen LogP contribution in [0.15, 0.2) is 54.6 Å². The van der Waals surface area contributed by atoms with E-state index in [2.05, 4.69) is 20.1 Å². The third kappa shape index (κ3) is 3.84. The molecule has 1 aliphatic heterocycles. The Labute approximate surface area is 165 Å². The quantitative estimate of drug-likeness (QED) is 0.697. The number of carbonyl (C=O) groups excluding carboxylic acids is 1. The van der Waals surface area contributed by atoms with Gasteiger partial charge >= 0.3 is 0 Å². The Hall–Kier alpha value is -2.95. The molecule has 1 atom stereocenters. The molecule has 4 rings (SSSR count). The van der Waals surface area contributed by atoms with E-state index in [1.54, 1.807) is 0 Å². The topological polar surface area (TPSA) is 59.8 Å². The van der Waals surface area contributed by atoms with E-state index in [0.717, 1.165) is 47.8 Å². The van der Waals surface area contributed by atoms with E-state index in [0.29, 0.717) is 0 Å². The van der Waals surface area contributed by atoms with Gasteiger partial charge < -0.3 is 9.88 Å². The maximum Gasteiger partial charge on any atom is 0.231 e. The van der Waals surface area contributed by atoms with Crippen molar-refractivity contribution in [2.45, 2.75) is 51.5 Å². The van der Waals surface area contributed by atoms with Crippen molar-refractivity contribution in [3.05, 3.63) is 66.0 Å². The molecule has 1 amide bonds. The van der Waals surface area contributed by atoms with Crippen molar-refractivity contribution in [2.75, 3.05) is 5.32 Å². The molecule has 2 aromatic carbocycles. The van der Waals surface area contributed by atoms with Crippen molar-refractivity contribution in [2.24, 2.45) is 0 Å². The fourth-order valence-electron chi connectivity index (χ4n) is 3.89. The SMILES string of the molecule is CC[C@H](C(=O)Nc1ccc(-c2nnc3n2CCCCC3)cc1)c1ccccc1. The second-order valence-corrected chi connectivity index (χ2v) is 7.34. The van der Waals surface area contributed by atoms with Gasteiger partial charge in [-0.15, -0.1) is 10.2 Å². The van der Waals surface area contributed by atoms with E-state index >= 15 is 0 Å². The van der Waals surface area contributed by atoms with Crippen LogP contribution in [0, 0.1) is 0 Å². The number of carbonyl (C=O) groups is 1. The lowest BCUT2D eigenvalue weighted by Gasteiger charge is -2.15. The molecule has 5 nitrogen and oxygen atoms in total. The first-order chi connectivity index (χ1) is 13.8. The van der Waals surface area contributed by atoms with E-state index in [1.165, 1.54) is 19.3 Å². The average molecular weight is 374 g/mol. The lowest BCUT2D eigenvalue weighted by atomic mass is 9.95. The van der Waals surface area contributed by atoms with Crippen molar-refractivity contribution < 1.29 is 4.79 Å². The lowest BCUT2D eigenvalue weighted by Crippen LogP contribution is -2.20. The highest BCUT2D eigenvalue weighted by Gasteiger charge is 2.19. The maximum atomic E-state index is 12.7. The molecular formula is C23H26N4O. The molecular weight excluding hydrogens is 348 g/mol. The zero-order chi connectivity index (χ0) is 19.3. The van der Waals surface area contributed by atoms with Crippen LogP contribution in [0.3, 0.4) is 0 Å². The zero-order valence-corrected chi connectivity index (χ0v) is 16.3. The number of hydrogen-bond donors (Lipinski definition) is 1. The van der Waals surface area contributed by atoms with Crippen LogP contribution in [0.5, 0.6) is 0 Å². The average Bonchev–Trinajstić information content (AvgIpc) is 2.98. The summed E-state index contributed by atoms with van der Waals surface area (Å²) in [5.41, 5.74) is 2.89. The fourth-order valence-corrected chi connectivity index (χ4v) is 3.89. The van der Waals surface area contributed by atoms with Crippen molar-refractivity contribution in [3.8, 4) is 11.4 Å². The number of amides is 1. The first-order valence-electron chi connectivity index (χ1n) is 10.1. The largest absolute Gasteiger partial charge is 0.326 e. The molecule has 144 valence electrons. The van der Waals surface area contributed by atoms with Crippen molar-refractivity contribution >= 4 is 11.6 Å². The predicted octanol–water partition coefficient (Wildman–Crippen LogP) is 4.80. The number of aromatic nitrogens is 3. The Morgan fingerprint density at radius 3 is 2.57 bits per heavy atom. The first kappa shape index (κ1) is 18.4. The van der Waals surface area contributed by atoms with Gasteiger partial charge in [0.25, 0.3) is 0 Å². The molecule has 0 bridgehead atoms. The molecule has 28 heavy (non-hydrogen) atoms. The third-order valence-corrected chi connectivity index (χ3v) is 5.45. The fraction of sp³-hybridized carbons (Fsp3) is 0.348. The Balaban J connectivity index is 1.49. The van der Waals surface area contributed by atoms with Gasteiger partial charge in [0.1, 0.15) is 5.82 Å². The second kappa shape index (κ2) is 8.38. The summed E-state index contributed by atoms with van der Waals surface area (Å²) >= 11 is 0. The van der Waals surface area contributed by atoms with Crippen LogP contribution >= 0.6 is 0 Å². The van der Waals surface area contributed by atoms with Crippen LogP contribution in [0.25, 0.3) is 11.4 Å². The highest BCUT2D eigenvalue weighted by Crippen LogP contribution is 2.25. The van der Waals surface area contributed by atoms with Gasteiger partial charge in [-0.1, -0.05) is 43.7 Å². The molecule has 1 aliphatic rings. The molecule has 0 aliphatic carbocycles. The van der Waals surface area contributed by atoms with Crippen LogP contribution in [-0.4, -0.2) is 20.7 Å². The normalized spacial score (nSPS) is 14.8. The number of nitrogens with one attached hydrogen (secondary N) is 1. The van der Waals surface area contributed by atoms with Crippen LogP contribution in [0.2, 0.25) is 0 Å². The molecule has 0 fully saturated rings. The van der Waals surface area contributed by atoms with Gasteiger partial charge in [0.05, 0.1) is 5.92 Å². The summed E-state index contributed by atoms with van der Waals surface area (Å²) in [6.07, 6.45) is 5.36. The van der Waals surface area contributed by atoms with E-state index in [-0.39, 0.29) is 11.8 Å². The molecule has 0 unspecified atom stereocenters. The minimum atomic E-state index is -0.145. The Kier molecular flexibility index (Phi) is 5.51. The molecule has 0 radical (unpaired) electrons. The van der Waals surface area contributed by atoms with Crippen LogP contribution < -0.4 is 5.32 Å². The molecule has 0 saturated heterocycles. The number of benzene rings is 2. The van der Waals surface area contributed by atoms with Gasteiger partial charge in [0.2, 0.25) is 5.91 Å². The number of nitrogens with zero attached hydrogens (tertiary/aromatic N) is 3. The van der Waals surface area contributed by atoms with Gasteiger partial charge in [-0.3, -0.25) is 4.79 Å². The summed E-state index contributed by atoms with van der Waals surface area (Å²) < 4.78 is 2.24. The Morgan fingerprint density at radius 1 is 1.04 bits per heavy atom. The van der Waals surface area contributed by atoms with Crippen molar-refractivity contribution in [3.63, 3.8) is 0 Å². The summed E-state index contributed by atoms with van der Waals surface area (Å²) in [5.74, 6) is 1.88. The second-order valence-electron chi connectivity index (χ2n) is 7.34. The van der Waals surface area contributed by atoms with E-state index < -0.39 is 0 Å². The van der Waals surface area contributed by atoms with Gasteiger partial charge in [-0.05, 0) is 49.1 Å². The van der Waals surface area contributed by atoms with Gasteiger partial charge in [-0.25, -0.2) is 0 Å². The minimum Gasteiger partial charge on any atom is -0.326 e. The zero-order valence-electron chi connectivity index (χ0n) is 16.3. The molecule has 1 N–H and O–H groups in total. The predicted molar refractivity (Wildman–Crippen MR) is 111 cm³/mol. The molecule has 3 aromatic rings. The third-order valence-electron chi connectivity index (χ3n) is 5.45. The van der Waals surface area contributed by atoms with Crippen molar-refractivity contribution in [1.29, 1.82) is 0 Å². The van der Waals surface area contributed by atoms with Gasteiger partial charge in [-0.2, -0.15) is 0 Å². The number of rotatable bonds is 5. The monoisotopic (exact) mass is 374 g/mol. The van der Waals surface area contributed by atoms with Crippen LogP contribution in [-0.2, 0) is 17.8 Å². The Morgan fingerprint density at radius 2 is 1.82 bits per heavy atom. The summed E-state index contributed by atoms with van der Waals surface area (Å²) in [4.78, 5) is 12.7. The van der Waals surface area contributed by atoms with E-state index in [9.17, 15) is 4.79 Å². The number of anilines is 1. The summed E-state index contributed by atoms with van der Waals surface area (Å²) in [7, 11) is 0. The summed E-state index contributed by atoms with van der Waals surface area (Å²) in [5, 5.41) is 11.8. The van der Waals surface area contributed by atoms with Gasteiger partial charge in [0, 0.05) is 24.2 Å². The Bertz CT molecular complexity index is 931. The van der Waals surface area contributed by atoms with Crippen molar-refractivity contribution in [1.82, 2.24) is 14.8 Å². The summed E-state index contributed by atoms with van der Waals surface area (Å²) in [6, 6.07) is 17.9. The van der Waals surface area contributed by atoms with Crippen LogP contribution in [0.1, 0.15) is 49.9 Å². The number of aryl methyl sites for hydroxylation is 1. The molecule has 2 heterocycles. The van der Waals surface area contributed by atoms with E-state index in [1.807, 2.05) is 61.5 Å². The lowest BCUT2D eigenvalue weighted by molar-refractivity contribution is -0.117.